The zero-order chi connectivity index (χ0) is 18.4. The molecule has 4 nitrogen and oxygen atoms in total. The van der Waals surface area contributed by atoms with Gasteiger partial charge in [0.25, 0.3) is 0 Å². The average molecular weight is 350 g/mol. The molecule has 4 heteroatoms. The van der Waals surface area contributed by atoms with E-state index >= 15 is 0 Å². The number of nitrogens with zero attached hydrogens (tertiary/aromatic N) is 1. The van der Waals surface area contributed by atoms with Gasteiger partial charge in [-0.2, -0.15) is 0 Å². The molecule has 0 spiro atoms. The van der Waals surface area contributed by atoms with Gasteiger partial charge in [-0.1, -0.05) is 60.7 Å². The third-order valence-electron chi connectivity index (χ3n) is 5.09. The number of benzene rings is 2. The van der Waals surface area contributed by atoms with E-state index in [1.807, 2.05) is 43.3 Å². The van der Waals surface area contributed by atoms with Crippen LogP contribution in [0.2, 0.25) is 0 Å². The van der Waals surface area contributed by atoms with Gasteiger partial charge in [-0.3, -0.25) is 9.59 Å². The summed E-state index contributed by atoms with van der Waals surface area (Å²) in [6.07, 6.45) is 2.22. The molecular weight excluding hydrogens is 324 g/mol. The zero-order valence-corrected chi connectivity index (χ0v) is 15.2. The standard InChI is InChI=1S/C22H26N2O2/c1-17(24-16-8-13-21(24)25)22(26)23-15-14-20(18-9-4-2-5-10-18)19-11-6-3-7-12-19/h2-7,9-12,17,20H,8,13-16H2,1H3,(H,23,26). The molecule has 1 heterocycles. The maximum Gasteiger partial charge on any atom is 0.242 e. The summed E-state index contributed by atoms with van der Waals surface area (Å²) >= 11 is 0. The van der Waals surface area contributed by atoms with E-state index in [0.717, 1.165) is 12.8 Å². The van der Waals surface area contributed by atoms with E-state index in [-0.39, 0.29) is 17.7 Å². The number of carbonyl (C=O) groups excluding carboxylic acids is 2. The highest BCUT2D eigenvalue weighted by Crippen LogP contribution is 2.27. The Morgan fingerprint density at radius 3 is 2.12 bits per heavy atom. The molecule has 0 saturated carbocycles. The van der Waals surface area contributed by atoms with Crippen molar-refractivity contribution in [1.29, 1.82) is 0 Å². The van der Waals surface area contributed by atoms with Gasteiger partial charge in [-0.05, 0) is 30.9 Å². The van der Waals surface area contributed by atoms with Crippen LogP contribution < -0.4 is 5.32 Å². The lowest BCUT2D eigenvalue weighted by Gasteiger charge is -2.24. The molecule has 136 valence electrons. The number of rotatable bonds is 7. The maximum absolute atomic E-state index is 12.4. The Hall–Kier alpha value is -2.62. The summed E-state index contributed by atoms with van der Waals surface area (Å²) in [4.78, 5) is 25.9. The van der Waals surface area contributed by atoms with Gasteiger partial charge in [-0.25, -0.2) is 0 Å². The molecule has 2 aromatic carbocycles. The minimum Gasteiger partial charge on any atom is -0.354 e. The van der Waals surface area contributed by atoms with Crippen molar-refractivity contribution >= 4 is 11.8 Å². The fourth-order valence-corrected chi connectivity index (χ4v) is 3.60. The molecule has 2 amide bonds. The number of amides is 2. The number of nitrogens with one attached hydrogen (secondary N) is 1. The summed E-state index contributed by atoms with van der Waals surface area (Å²) in [5, 5.41) is 3.02. The van der Waals surface area contributed by atoms with Crippen LogP contribution in [0.3, 0.4) is 0 Å². The number of hydrogen-bond donors (Lipinski definition) is 1. The van der Waals surface area contributed by atoms with Crippen LogP contribution in [0.4, 0.5) is 0 Å². The molecule has 3 rings (SSSR count). The van der Waals surface area contributed by atoms with Crippen LogP contribution in [0.15, 0.2) is 60.7 Å². The SMILES string of the molecule is CC(C(=O)NCCC(c1ccccc1)c1ccccc1)N1CCCC1=O. The first-order chi connectivity index (χ1) is 12.7. The topological polar surface area (TPSA) is 49.4 Å². The van der Waals surface area contributed by atoms with E-state index in [9.17, 15) is 9.59 Å². The van der Waals surface area contributed by atoms with E-state index in [4.69, 9.17) is 0 Å². The van der Waals surface area contributed by atoms with Crippen LogP contribution >= 0.6 is 0 Å². The molecular formula is C22H26N2O2. The van der Waals surface area contributed by atoms with Crippen LogP contribution in [-0.2, 0) is 9.59 Å². The molecule has 0 radical (unpaired) electrons. The van der Waals surface area contributed by atoms with E-state index in [1.54, 1.807) is 4.90 Å². The predicted molar refractivity (Wildman–Crippen MR) is 103 cm³/mol. The average Bonchev–Trinajstić information content (AvgIpc) is 3.11. The second kappa shape index (κ2) is 8.65. The minimum atomic E-state index is -0.392. The first-order valence-corrected chi connectivity index (χ1v) is 9.34. The van der Waals surface area contributed by atoms with E-state index < -0.39 is 6.04 Å². The summed E-state index contributed by atoms with van der Waals surface area (Å²) in [5.41, 5.74) is 2.49. The van der Waals surface area contributed by atoms with Gasteiger partial charge in [0.15, 0.2) is 0 Å². The fraction of sp³-hybridized carbons (Fsp3) is 0.364. The molecule has 0 bridgehead atoms. The van der Waals surface area contributed by atoms with Gasteiger partial charge in [0, 0.05) is 25.4 Å². The highest BCUT2D eigenvalue weighted by Gasteiger charge is 2.29. The highest BCUT2D eigenvalue weighted by molar-refractivity contribution is 5.88. The quantitative estimate of drug-likeness (QED) is 0.833. The first kappa shape index (κ1) is 18.2. The smallest absolute Gasteiger partial charge is 0.242 e. The van der Waals surface area contributed by atoms with E-state index in [1.165, 1.54) is 11.1 Å². The second-order valence-corrected chi connectivity index (χ2v) is 6.82. The monoisotopic (exact) mass is 350 g/mol. The van der Waals surface area contributed by atoms with Crippen molar-refractivity contribution in [3.8, 4) is 0 Å². The van der Waals surface area contributed by atoms with Gasteiger partial charge < -0.3 is 10.2 Å². The Morgan fingerprint density at radius 2 is 1.62 bits per heavy atom. The van der Waals surface area contributed by atoms with Crippen LogP contribution in [0, 0.1) is 0 Å². The number of likely N-dealkylation sites (tertiary alicyclic amines) is 1. The van der Waals surface area contributed by atoms with Crippen molar-refractivity contribution in [1.82, 2.24) is 10.2 Å². The lowest BCUT2D eigenvalue weighted by Crippen LogP contribution is -2.46. The Bertz CT molecular complexity index is 691. The normalized spacial score (nSPS) is 15.3. The van der Waals surface area contributed by atoms with Crippen molar-refractivity contribution in [3.05, 3.63) is 71.8 Å². The summed E-state index contributed by atoms with van der Waals surface area (Å²) in [6, 6.07) is 20.3. The van der Waals surface area contributed by atoms with Gasteiger partial charge >= 0.3 is 0 Å². The fourth-order valence-electron chi connectivity index (χ4n) is 3.60. The Morgan fingerprint density at radius 1 is 1.04 bits per heavy atom. The van der Waals surface area contributed by atoms with Crippen molar-refractivity contribution in [3.63, 3.8) is 0 Å². The van der Waals surface area contributed by atoms with Crippen LogP contribution in [0.25, 0.3) is 0 Å². The molecule has 0 aliphatic carbocycles. The van der Waals surface area contributed by atoms with Crippen molar-refractivity contribution in [2.45, 2.75) is 38.1 Å². The summed E-state index contributed by atoms with van der Waals surface area (Å²) in [5.74, 6) is 0.251. The predicted octanol–water partition coefficient (Wildman–Crippen LogP) is 3.34. The van der Waals surface area contributed by atoms with Gasteiger partial charge in [0.1, 0.15) is 6.04 Å². The Labute approximate surface area is 155 Å². The molecule has 1 saturated heterocycles. The van der Waals surface area contributed by atoms with Crippen molar-refractivity contribution in [2.75, 3.05) is 13.1 Å². The zero-order valence-electron chi connectivity index (χ0n) is 15.2. The highest BCUT2D eigenvalue weighted by atomic mass is 16.2. The van der Waals surface area contributed by atoms with Gasteiger partial charge in [-0.15, -0.1) is 0 Å². The molecule has 1 fully saturated rings. The molecule has 1 unspecified atom stereocenters. The maximum atomic E-state index is 12.4. The van der Waals surface area contributed by atoms with Gasteiger partial charge in [0.05, 0.1) is 0 Å². The first-order valence-electron chi connectivity index (χ1n) is 9.34. The summed E-state index contributed by atoms with van der Waals surface area (Å²) < 4.78 is 0. The van der Waals surface area contributed by atoms with E-state index in [0.29, 0.717) is 19.5 Å². The lowest BCUT2D eigenvalue weighted by atomic mass is 9.88. The molecule has 1 atom stereocenters. The third kappa shape index (κ3) is 4.31. The molecule has 2 aromatic rings. The molecule has 0 aromatic heterocycles. The Balaban J connectivity index is 1.61. The minimum absolute atomic E-state index is 0.0693. The van der Waals surface area contributed by atoms with Crippen LogP contribution in [-0.4, -0.2) is 35.8 Å². The van der Waals surface area contributed by atoms with E-state index in [2.05, 4.69) is 29.6 Å². The van der Waals surface area contributed by atoms with Crippen molar-refractivity contribution < 1.29 is 9.59 Å². The third-order valence-corrected chi connectivity index (χ3v) is 5.09. The van der Waals surface area contributed by atoms with Gasteiger partial charge in [0.2, 0.25) is 11.8 Å². The largest absolute Gasteiger partial charge is 0.354 e. The van der Waals surface area contributed by atoms with Crippen LogP contribution in [0.5, 0.6) is 0 Å². The number of carbonyl (C=O) groups is 2. The summed E-state index contributed by atoms with van der Waals surface area (Å²) in [7, 11) is 0. The second-order valence-electron chi connectivity index (χ2n) is 6.82. The Kier molecular flexibility index (Phi) is 6.05. The van der Waals surface area contributed by atoms with Crippen molar-refractivity contribution in [2.24, 2.45) is 0 Å². The summed E-state index contributed by atoms with van der Waals surface area (Å²) in [6.45, 7) is 3.08. The molecule has 1 aliphatic heterocycles. The lowest BCUT2D eigenvalue weighted by molar-refractivity contribution is -0.136. The van der Waals surface area contributed by atoms with Crippen LogP contribution in [0.1, 0.15) is 43.2 Å². The molecule has 26 heavy (non-hydrogen) atoms. The molecule has 1 aliphatic rings. The number of hydrogen-bond acceptors (Lipinski definition) is 2. The molecule has 1 N–H and O–H groups in total.